The quantitative estimate of drug-likeness (QED) is 0.490. The number of imidazole rings is 1. The molecule has 3 aromatic rings. The summed E-state index contributed by atoms with van der Waals surface area (Å²) in [5.74, 6) is 0.717. The largest absolute Gasteiger partial charge is 0.491 e. The Hall–Kier alpha value is -2.65. The molecule has 0 amide bonds. The topological polar surface area (TPSA) is 80.9 Å². The molecule has 0 radical (unpaired) electrons. The molecule has 1 aliphatic rings. The zero-order valence-electron chi connectivity index (χ0n) is 18.8. The normalized spacial score (nSPS) is 15.8. The lowest BCUT2D eigenvalue weighted by atomic mass is 10.1. The van der Waals surface area contributed by atoms with Crippen molar-refractivity contribution < 1.29 is 14.6 Å². The average Bonchev–Trinajstić information content (AvgIpc) is 3.05. The lowest BCUT2D eigenvalue weighted by molar-refractivity contribution is 0.0384. The molecule has 8 nitrogen and oxygen atoms in total. The van der Waals surface area contributed by atoms with Crippen LogP contribution >= 0.6 is 0 Å². The highest BCUT2D eigenvalue weighted by Gasteiger charge is 2.13. The van der Waals surface area contributed by atoms with Crippen LogP contribution in [-0.4, -0.2) is 65.1 Å². The van der Waals surface area contributed by atoms with Crippen LogP contribution in [0.15, 0.2) is 47.3 Å². The summed E-state index contributed by atoms with van der Waals surface area (Å²) in [6.45, 7) is 6.61. The first kappa shape index (κ1) is 22.5. The standard InChI is InChI=1S/C24H32N4O4/c1-26-21-8-5-19(15-22(21)27(2)24(26)30)23(29)17-32-20-6-3-18(4-7-20)16-25-9-10-28-11-13-31-14-12-28/h3-8,15,23,25,29H,9-14,16-17H2,1-2H3/t23-/m1/s1. The van der Waals surface area contributed by atoms with Gasteiger partial charge >= 0.3 is 5.69 Å². The van der Waals surface area contributed by atoms with Crippen LogP contribution in [0.25, 0.3) is 11.0 Å². The number of aliphatic hydroxyl groups is 1. The Morgan fingerprint density at radius 1 is 1.06 bits per heavy atom. The highest BCUT2D eigenvalue weighted by Crippen LogP contribution is 2.21. The number of rotatable bonds is 9. The van der Waals surface area contributed by atoms with Crippen molar-refractivity contribution >= 4 is 11.0 Å². The molecule has 2 heterocycles. The molecule has 0 spiro atoms. The highest BCUT2D eigenvalue weighted by molar-refractivity contribution is 5.76. The van der Waals surface area contributed by atoms with Gasteiger partial charge in [0.1, 0.15) is 18.5 Å². The smallest absolute Gasteiger partial charge is 0.328 e. The second kappa shape index (κ2) is 10.3. The zero-order valence-corrected chi connectivity index (χ0v) is 18.8. The fourth-order valence-corrected chi connectivity index (χ4v) is 4.00. The second-order valence-corrected chi connectivity index (χ2v) is 8.25. The molecule has 172 valence electrons. The molecule has 1 atom stereocenters. The molecule has 0 saturated carbocycles. The number of nitrogens with zero attached hydrogens (tertiary/aromatic N) is 3. The van der Waals surface area contributed by atoms with E-state index in [0.717, 1.165) is 62.5 Å². The van der Waals surface area contributed by atoms with Crippen molar-refractivity contribution in [3.63, 3.8) is 0 Å². The van der Waals surface area contributed by atoms with E-state index in [1.807, 2.05) is 42.5 Å². The molecule has 0 aliphatic carbocycles. The van der Waals surface area contributed by atoms with Crippen molar-refractivity contribution in [2.24, 2.45) is 14.1 Å². The van der Waals surface area contributed by atoms with E-state index in [2.05, 4.69) is 10.2 Å². The van der Waals surface area contributed by atoms with Crippen LogP contribution in [0.2, 0.25) is 0 Å². The summed E-state index contributed by atoms with van der Waals surface area (Å²) < 4.78 is 14.3. The molecule has 1 fully saturated rings. The number of fused-ring (bicyclic) bond motifs is 1. The van der Waals surface area contributed by atoms with Gasteiger partial charge in [-0.3, -0.25) is 14.0 Å². The number of ether oxygens (including phenoxy) is 2. The number of aromatic nitrogens is 2. The van der Waals surface area contributed by atoms with Crippen molar-refractivity contribution in [1.29, 1.82) is 0 Å². The molecule has 1 aromatic heterocycles. The third kappa shape index (κ3) is 5.21. The molecular formula is C24H32N4O4. The van der Waals surface area contributed by atoms with Gasteiger partial charge < -0.3 is 19.9 Å². The van der Waals surface area contributed by atoms with E-state index >= 15 is 0 Å². The van der Waals surface area contributed by atoms with Crippen LogP contribution in [0.1, 0.15) is 17.2 Å². The Kier molecular flexibility index (Phi) is 7.26. The van der Waals surface area contributed by atoms with Crippen molar-refractivity contribution in [1.82, 2.24) is 19.4 Å². The Balaban J connectivity index is 1.25. The van der Waals surface area contributed by atoms with Crippen molar-refractivity contribution in [2.45, 2.75) is 12.6 Å². The van der Waals surface area contributed by atoms with E-state index < -0.39 is 6.10 Å². The fourth-order valence-electron chi connectivity index (χ4n) is 4.00. The van der Waals surface area contributed by atoms with Crippen LogP contribution in [0.5, 0.6) is 5.75 Å². The number of aliphatic hydroxyl groups excluding tert-OH is 1. The number of nitrogens with one attached hydrogen (secondary N) is 1. The fraction of sp³-hybridized carbons (Fsp3) is 0.458. The molecule has 0 bridgehead atoms. The van der Waals surface area contributed by atoms with E-state index in [-0.39, 0.29) is 12.3 Å². The van der Waals surface area contributed by atoms with Gasteiger partial charge in [0.25, 0.3) is 0 Å². The van der Waals surface area contributed by atoms with Crippen molar-refractivity contribution in [3.8, 4) is 5.75 Å². The summed E-state index contributed by atoms with van der Waals surface area (Å²) >= 11 is 0. The summed E-state index contributed by atoms with van der Waals surface area (Å²) in [5.41, 5.74) is 3.46. The van der Waals surface area contributed by atoms with Gasteiger partial charge in [0.15, 0.2) is 0 Å². The van der Waals surface area contributed by atoms with Crippen molar-refractivity contribution in [3.05, 3.63) is 64.1 Å². The summed E-state index contributed by atoms with van der Waals surface area (Å²) in [4.78, 5) is 14.5. The third-order valence-electron chi connectivity index (χ3n) is 6.05. The summed E-state index contributed by atoms with van der Waals surface area (Å²) in [5, 5.41) is 14.0. The predicted molar refractivity (Wildman–Crippen MR) is 124 cm³/mol. The minimum Gasteiger partial charge on any atom is -0.491 e. The van der Waals surface area contributed by atoms with Crippen LogP contribution < -0.4 is 15.7 Å². The molecule has 2 aromatic carbocycles. The van der Waals surface area contributed by atoms with E-state index in [1.165, 1.54) is 5.56 Å². The monoisotopic (exact) mass is 440 g/mol. The van der Waals surface area contributed by atoms with Crippen LogP contribution in [0.4, 0.5) is 0 Å². The molecule has 0 unspecified atom stereocenters. The maximum atomic E-state index is 12.1. The third-order valence-corrected chi connectivity index (χ3v) is 6.05. The van der Waals surface area contributed by atoms with Gasteiger partial charge in [0.2, 0.25) is 0 Å². The Labute approximate surface area is 188 Å². The minimum atomic E-state index is -0.781. The SMILES string of the molecule is Cn1c(=O)n(C)c2cc([C@H](O)COc3ccc(CNCCN4CCOCC4)cc3)ccc21. The lowest BCUT2D eigenvalue weighted by Gasteiger charge is -2.26. The van der Waals surface area contributed by atoms with Gasteiger partial charge in [-0.05, 0) is 35.4 Å². The van der Waals surface area contributed by atoms with E-state index in [9.17, 15) is 9.90 Å². The molecule has 2 N–H and O–H groups in total. The Morgan fingerprint density at radius 3 is 2.53 bits per heavy atom. The number of benzene rings is 2. The van der Waals surface area contributed by atoms with E-state index in [4.69, 9.17) is 9.47 Å². The molecule has 8 heteroatoms. The predicted octanol–water partition coefficient (Wildman–Crippen LogP) is 1.41. The van der Waals surface area contributed by atoms with Gasteiger partial charge in [-0.25, -0.2) is 4.79 Å². The van der Waals surface area contributed by atoms with Gasteiger partial charge in [-0.1, -0.05) is 18.2 Å². The lowest BCUT2D eigenvalue weighted by Crippen LogP contribution is -2.40. The molecule has 1 saturated heterocycles. The average molecular weight is 441 g/mol. The minimum absolute atomic E-state index is 0.0847. The summed E-state index contributed by atoms with van der Waals surface area (Å²) in [7, 11) is 3.48. The van der Waals surface area contributed by atoms with Gasteiger partial charge in [-0.2, -0.15) is 0 Å². The Morgan fingerprint density at radius 2 is 1.78 bits per heavy atom. The maximum Gasteiger partial charge on any atom is 0.328 e. The highest BCUT2D eigenvalue weighted by atomic mass is 16.5. The van der Waals surface area contributed by atoms with Crippen LogP contribution in [-0.2, 0) is 25.4 Å². The van der Waals surface area contributed by atoms with Crippen LogP contribution in [0.3, 0.4) is 0 Å². The second-order valence-electron chi connectivity index (χ2n) is 8.25. The van der Waals surface area contributed by atoms with Gasteiger partial charge in [-0.15, -0.1) is 0 Å². The summed E-state index contributed by atoms with van der Waals surface area (Å²) in [6, 6.07) is 13.5. The summed E-state index contributed by atoms with van der Waals surface area (Å²) in [6.07, 6.45) is -0.781. The number of morpholine rings is 1. The molecule has 4 rings (SSSR count). The molecule has 1 aliphatic heterocycles. The van der Waals surface area contributed by atoms with Crippen LogP contribution in [0, 0.1) is 0 Å². The number of aryl methyl sites for hydroxylation is 2. The zero-order chi connectivity index (χ0) is 22.5. The number of hydrogen-bond donors (Lipinski definition) is 2. The van der Waals surface area contributed by atoms with Crippen molar-refractivity contribution in [2.75, 3.05) is 46.0 Å². The first-order valence-corrected chi connectivity index (χ1v) is 11.1. The Bertz CT molecular complexity index is 1080. The van der Waals surface area contributed by atoms with E-state index in [0.29, 0.717) is 5.75 Å². The maximum absolute atomic E-state index is 12.1. The molecular weight excluding hydrogens is 408 g/mol. The first-order valence-electron chi connectivity index (χ1n) is 11.1. The van der Waals surface area contributed by atoms with E-state index in [1.54, 1.807) is 23.2 Å². The number of hydrogen-bond acceptors (Lipinski definition) is 6. The van der Waals surface area contributed by atoms with Gasteiger partial charge in [0.05, 0.1) is 24.2 Å². The van der Waals surface area contributed by atoms with Gasteiger partial charge in [0, 0.05) is 46.8 Å². The molecule has 32 heavy (non-hydrogen) atoms. The first-order chi connectivity index (χ1) is 15.5.